The molecule has 22 heavy (non-hydrogen) atoms. The van der Waals surface area contributed by atoms with E-state index in [9.17, 15) is 0 Å². The monoisotopic (exact) mass is 704 g/mol. The van der Waals surface area contributed by atoms with E-state index in [0.29, 0.717) is 0 Å². The number of rotatable bonds is 2. The van der Waals surface area contributed by atoms with Gasteiger partial charge in [-0.3, -0.25) is 0 Å². The molecule has 1 aliphatic rings. The van der Waals surface area contributed by atoms with Crippen LogP contribution in [0.5, 0.6) is 0 Å². The second kappa shape index (κ2) is 9.13. The fraction of sp³-hybridized carbons (Fsp3) is 0.438. The quantitative estimate of drug-likeness (QED) is 0.316. The van der Waals surface area contributed by atoms with Crippen molar-refractivity contribution in [2.24, 2.45) is 14.1 Å². The Balaban J connectivity index is 0.000000188. The van der Waals surface area contributed by atoms with Crippen LogP contribution in [0.15, 0.2) is 36.5 Å². The average Bonchev–Trinajstić information content (AvgIpc) is 3.14. The van der Waals surface area contributed by atoms with Crippen LogP contribution < -0.4 is 0 Å². The smallest absolute Gasteiger partial charge is 0.0311 e. The molecule has 1 fully saturated rings. The van der Waals surface area contributed by atoms with E-state index >= 15 is 0 Å². The Morgan fingerprint density at radius 3 is 2.09 bits per heavy atom. The summed E-state index contributed by atoms with van der Waals surface area (Å²) in [6, 6.07) is 11.3. The van der Waals surface area contributed by atoms with Crippen LogP contribution in [0.25, 0.3) is 11.3 Å². The average molecular weight is 704 g/mol. The van der Waals surface area contributed by atoms with Crippen molar-refractivity contribution in [2.45, 2.75) is 31.7 Å². The molecule has 124 valence electrons. The van der Waals surface area contributed by atoms with Crippen molar-refractivity contribution in [3.63, 3.8) is 0 Å². The maximum absolute atomic E-state index is 2.36. The van der Waals surface area contributed by atoms with Gasteiger partial charge < -0.3 is 0 Å². The number of aromatic nitrogens is 2. The van der Waals surface area contributed by atoms with E-state index in [2.05, 4.69) is 120 Å². The van der Waals surface area contributed by atoms with Gasteiger partial charge in [0.1, 0.15) is 0 Å². The summed E-state index contributed by atoms with van der Waals surface area (Å²) in [6.45, 7) is 0. The minimum Gasteiger partial charge on any atom is -0.185 e. The molecule has 1 aromatic heterocycles. The molecule has 1 heterocycles. The van der Waals surface area contributed by atoms with Crippen molar-refractivity contribution < 1.29 is 19.4 Å². The van der Waals surface area contributed by atoms with Gasteiger partial charge >= 0.3 is 94.2 Å². The Kier molecular flexibility index (Phi) is 7.83. The molecule has 6 heteroatoms. The van der Waals surface area contributed by atoms with Crippen LogP contribution in [0.3, 0.4) is 0 Å². The largest absolute Gasteiger partial charge is 0.185 e. The first-order chi connectivity index (χ1) is 10.5. The summed E-state index contributed by atoms with van der Waals surface area (Å²) in [4.78, 5) is 0. The summed E-state index contributed by atoms with van der Waals surface area (Å²) in [7, 11) is 4.15. The van der Waals surface area contributed by atoms with Gasteiger partial charge in [-0.25, -0.2) is 0 Å². The molecule has 1 aromatic carbocycles. The second-order valence-corrected chi connectivity index (χ2v) is 10.4. The number of hydrogen-bond donors (Lipinski definition) is 0. The molecular weight excluding hydrogens is 683 g/mol. The molecule has 3 rings (SSSR count). The summed E-state index contributed by atoms with van der Waals surface area (Å²) >= 11 is 7.05. The molecule has 0 spiro atoms. The summed E-state index contributed by atoms with van der Waals surface area (Å²) in [5, 5.41) is 0. The van der Waals surface area contributed by atoms with Crippen molar-refractivity contribution in [2.75, 3.05) is 0 Å². The first-order valence-corrected chi connectivity index (χ1v) is 10.4. The SMILES string of the molecule is Cn1cc(-c2ccccc2)n(C)[c]1=[Pt].IN(I)C1CCCC1. The van der Waals surface area contributed by atoms with E-state index < -0.39 is 0 Å². The summed E-state index contributed by atoms with van der Waals surface area (Å²) in [5.74, 6) is 0. The van der Waals surface area contributed by atoms with Gasteiger partial charge in [0.25, 0.3) is 0 Å². The number of hydrogen-bond acceptors (Lipinski definition) is 1. The second-order valence-electron chi connectivity index (χ2n) is 5.49. The Bertz CT molecular complexity index is 643. The summed E-state index contributed by atoms with van der Waals surface area (Å²) in [5.41, 5.74) is 2.51. The van der Waals surface area contributed by atoms with E-state index in [4.69, 9.17) is 0 Å². The van der Waals surface area contributed by atoms with E-state index in [0.717, 1.165) is 6.04 Å². The van der Waals surface area contributed by atoms with Gasteiger partial charge in [-0.2, -0.15) is 1.33 Å². The number of imidazole rings is 1. The fourth-order valence-electron chi connectivity index (χ4n) is 2.62. The van der Waals surface area contributed by atoms with Crippen LogP contribution in [0.2, 0.25) is 0 Å². The van der Waals surface area contributed by atoms with E-state index in [1.807, 2.05) is 6.07 Å². The van der Waals surface area contributed by atoms with Gasteiger partial charge in [0.2, 0.25) is 0 Å². The van der Waals surface area contributed by atoms with Crippen LogP contribution in [-0.4, -0.2) is 16.5 Å². The Morgan fingerprint density at radius 1 is 1.09 bits per heavy atom. The summed E-state index contributed by atoms with van der Waals surface area (Å²) in [6.07, 6.45) is 7.84. The summed E-state index contributed by atoms with van der Waals surface area (Å²) < 4.78 is 7.83. The maximum Gasteiger partial charge on any atom is 0.0311 e. The zero-order valence-corrected chi connectivity index (χ0v) is 19.4. The standard InChI is InChI=1S/C11H12N2.C5H9I2N.Pt/c1-12-8-11(13(2)9-12)10-6-4-3-5-7-10;6-8(7)5-3-1-2-4-5;/h3-8H,1-2H3;5H,1-4H2;. The molecule has 0 radical (unpaired) electrons. The van der Waals surface area contributed by atoms with Gasteiger partial charge in [-0.15, -0.1) is 0 Å². The molecule has 0 N–H and O–H groups in total. The zero-order chi connectivity index (χ0) is 16.1. The van der Waals surface area contributed by atoms with E-state index in [1.165, 1.54) is 40.7 Å². The molecular formula is C16H21I2N3Pt. The minimum atomic E-state index is 0.871. The maximum atomic E-state index is 2.36. The van der Waals surface area contributed by atoms with Crippen LogP contribution in [0, 0.1) is 3.80 Å². The topological polar surface area (TPSA) is 13.1 Å². The number of nitrogens with zero attached hydrogens (tertiary/aromatic N) is 3. The van der Waals surface area contributed by atoms with Crippen LogP contribution in [0.1, 0.15) is 25.7 Å². The van der Waals surface area contributed by atoms with Crippen molar-refractivity contribution >= 4 is 45.7 Å². The number of aryl methyl sites for hydroxylation is 1. The van der Waals surface area contributed by atoms with Gasteiger partial charge in [-0.1, -0.05) is 12.8 Å². The molecule has 0 aliphatic heterocycles. The molecule has 1 saturated carbocycles. The molecule has 1 aliphatic carbocycles. The van der Waals surface area contributed by atoms with Crippen molar-refractivity contribution in [3.05, 3.63) is 40.3 Å². The Labute approximate surface area is 171 Å². The third-order valence-corrected chi connectivity index (χ3v) is 7.01. The van der Waals surface area contributed by atoms with E-state index in [1.54, 1.807) is 0 Å². The van der Waals surface area contributed by atoms with Crippen LogP contribution in [0.4, 0.5) is 0 Å². The molecule has 3 nitrogen and oxygen atoms in total. The third kappa shape index (κ3) is 5.02. The molecule has 0 bridgehead atoms. The van der Waals surface area contributed by atoms with Gasteiger partial charge in [0, 0.05) is 51.8 Å². The Morgan fingerprint density at radius 2 is 1.68 bits per heavy atom. The van der Waals surface area contributed by atoms with Gasteiger partial charge in [-0.05, 0) is 12.8 Å². The predicted octanol–water partition coefficient (Wildman–Crippen LogP) is 5.04. The van der Waals surface area contributed by atoms with Crippen molar-refractivity contribution in [1.29, 1.82) is 0 Å². The minimum absolute atomic E-state index is 0.871. The number of halogens is 2. The third-order valence-electron chi connectivity index (χ3n) is 3.87. The normalized spacial score (nSPS) is 15.0. The zero-order valence-electron chi connectivity index (χ0n) is 12.8. The molecule has 2 aromatic rings. The first kappa shape index (κ1) is 18.9. The van der Waals surface area contributed by atoms with Gasteiger partial charge in [0.15, 0.2) is 0 Å². The molecule has 0 atom stereocenters. The number of benzene rings is 1. The van der Waals surface area contributed by atoms with E-state index in [-0.39, 0.29) is 0 Å². The van der Waals surface area contributed by atoms with Crippen LogP contribution >= 0.6 is 45.7 Å². The molecule has 0 unspecified atom stereocenters. The van der Waals surface area contributed by atoms with Crippen LogP contribution in [-0.2, 0) is 33.4 Å². The Hall–Kier alpha value is 0.538. The molecule has 0 amide bonds. The van der Waals surface area contributed by atoms with Crippen molar-refractivity contribution in [3.8, 4) is 11.3 Å². The first-order valence-electron chi connectivity index (χ1n) is 7.34. The predicted molar refractivity (Wildman–Crippen MR) is 105 cm³/mol. The fourth-order valence-corrected chi connectivity index (χ4v) is 4.16. The van der Waals surface area contributed by atoms with Crippen molar-refractivity contribution in [1.82, 2.24) is 10.5 Å². The van der Waals surface area contributed by atoms with Gasteiger partial charge in [0.05, 0.1) is 0 Å². The molecule has 0 saturated heterocycles.